The molecule has 0 spiro atoms. The van der Waals surface area contributed by atoms with Gasteiger partial charge in [-0.15, -0.1) is 11.3 Å². The van der Waals surface area contributed by atoms with Crippen molar-refractivity contribution in [3.05, 3.63) is 47.1 Å². The highest BCUT2D eigenvalue weighted by Crippen LogP contribution is 2.34. The standard InChI is InChI=1S/C15H10ClN3S/c1-19-12-3-2-9(6-11(12)8-17-19)14-15-10(4-5-20-15)7-13(16)18-14/h2-8H,1H3. The minimum Gasteiger partial charge on any atom is -0.268 e. The van der Waals surface area contributed by atoms with Crippen LogP contribution in [-0.2, 0) is 7.05 Å². The first-order chi connectivity index (χ1) is 9.72. The van der Waals surface area contributed by atoms with Crippen molar-refractivity contribution in [3.63, 3.8) is 0 Å². The summed E-state index contributed by atoms with van der Waals surface area (Å²) in [5, 5.41) is 9.11. The maximum Gasteiger partial charge on any atom is 0.130 e. The molecule has 0 atom stereocenters. The summed E-state index contributed by atoms with van der Waals surface area (Å²) < 4.78 is 3.03. The fourth-order valence-electron chi connectivity index (χ4n) is 2.45. The molecular weight excluding hydrogens is 290 g/mol. The van der Waals surface area contributed by atoms with Crippen molar-refractivity contribution >= 4 is 43.9 Å². The van der Waals surface area contributed by atoms with Gasteiger partial charge in [0.15, 0.2) is 0 Å². The molecule has 0 aliphatic heterocycles. The highest BCUT2D eigenvalue weighted by Gasteiger charge is 2.10. The second-order valence-electron chi connectivity index (χ2n) is 4.67. The molecule has 3 nitrogen and oxygen atoms in total. The van der Waals surface area contributed by atoms with Gasteiger partial charge in [0.25, 0.3) is 0 Å². The molecule has 98 valence electrons. The van der Waals surface area contributed by atoms with E-state index >= 15 is 0 Å². The van der Waals surface area contributed by atoms with Crippen molar-refractivity contribution < 1.29 is 0 Å². The zero-order valence-corrected chi connectivity index (χ0v) is 12.2. The predicted octanol–water partition coefficient (Wildman–Crippen LogP) is 4.50. The van der Waals surface area contributed by atoms with E-state index in [1.807, 2.05) is 24.0 Å². The van der Waals surface area contributed by atoms with Crippen molar-refractivity contribution in [2.75, 3.05) is 0 Å². The fraction of sp³-hybridized carbons (Fsp3) is 0.0667. The molecular formula is C15H10ClN3S. The van der Waals surface area contributed by atoms with E-state index in [0.29, 0.717) is 5.15 Å². The van der Waals surface area contributed by atoms with Gasteiger partial charge >= 0.3 is 0 Å². The fourth-order valence-corrected chi connectivity index (χ4v) is 3.54. The van der Waals surface area contributed by atoms with Crippen LogP contribution in [0.2, 0.25) is 5.15 Å². The summed E-state index contributed by atoms with van der Waals surface area (Å²) in [5.41, 5.74) is 3.12. The molecule has 0 fully saturated rings. The Hall–Kier alpha value is -1.91. The molecule has 5 heteroatoms. The number of pyridine rings is 1. The Morgan fingerprint density at radius 3 is 2.95 bits per heavy atom. The number of hydrogen-bond donors (Lipinski definition) is 0. The van der Waals surface area contributed by atoms with Crippen LogP contribution in [0.15, 0.2) is 41.9 Å². The molecule has 0 N–H and O–H groups in total. The molecule has 0 bridgehead atoms. The molecule has 20 heavy (non-hydrogen) atoms. The highest BCUT2D eigenvalue weighted by molar-refractivity contribution is 7.17. The number of halogens is 1. The van der Waals surface area contributed by atoms with Gasteiger partial charge in [0.1, 0.15) is 5.15 Å². The number of aryl methyl sites for hydroxylation is 1. The zero-order valence-electron chi connectivity index (χ0n) is 10.7. The summed E-state index contributed by atoms with van der Waals surface area (Å²) in [6, 6.07) is 10.2. The van der Waals surface area contributed by atoms with Gasteiger partial charge in [0.2, 0.25) is 0 Å². The van der Waals surface area contributed by atoms with Crippen LogP contribution in [0.3, 0.4) is 0 Å². The molecule has 3 heterocycles. The molecule has 0 radical (unpaired) electrons. The Balaban J connectivity index is 2.02. The van der Waals surface area contributed by atoms with E-state index in [1.165, 1.54) is 0 Å². The average Bonchev–Trinajstić information content (AvgIpc) is 3.04. The first-order valence-corrected chi connectivity index (χ1v) is 7.44. The van der Waals surface area contributed by atoms with Crippen molar-refractivity contribution in [1.29, 1.82) is 0 Å². The van der Waals surface area contributed by atoms with E-state index in [1.54, 1.807) is 11.3 Å². The van der Waals surface area contributed by atoms with Crippen LogP contribution in [-0.4, -0.2) is 14.8 Å². The molecule has 3 aromatic heterocycles. The van der Waals surface area contributed by atoms with Gasteiger partial charge in [-0.2, -0.15) is 5.10 Å². The first kappa shape index (κ1) is 11.9. The highest BCUT2D eigenvalue weighted by atomic mass is 35.5. The summed E-state index contributed by atoms with van der Waals surface area (Å²) in [4.78, 5) is 4.51. The van der Waals surface area contributed by atoms with Crippen molar-refractivity contribution in [2.45, 2.75) is 0 Å². The summed E-state index contributed by atoms with van der Waals surface area (Å²) >= 11 is 7.82. The lowest BCUT2D eigenvalue weighted by Gasteiger charge is -2.04. The van der Waals surface area contributed by atoms with E-state index in [2.05, 4.69) is 39.7 Å². The van der Waals surface area contributed by atoms with Gasteiger partial charge in [-0.05, 0) is 35.0 Å². The van der Waals surface area contributed by atoms with Crippen molar-refractivity contribution in [2.24, 2.45) is 7.05 Å². The van der Waals surface area contributed by atoms with Gasteiger partial charge in [0, 0.05) is 18.0 Å². The lowest BCUT2D eigenvalue weighted by Crippen LogP contribution is -1.89. The van der Waals surface area contributed by atoms with Gasteiger partial charge in [0.05, 0.1) is 22.1 Å². The van der Waals surface area contributed by atoms with Gasteiger partial charge in [-0.25, -0.2) is 4.98 Å². The van der Waals surface area contributed by atoms with Gasteiger partial charge in [-0.3, -0.25) is 4.68 Å². The average molecular weight is 300 g/mol. The maximum absolute atomic E-state index is 6.13. The third-order valence-corrected chi connectivity index (χ3v) is 4.55. The molecule has 0 amide bonds. The molecule has 4 rings (SSSR count). The number of rotatable bonds is 1. The van der Waals surface area contributed by atoms with Crippen LogP contribution in [0, 0.1) is 0 Å². The third-order valence-electron chi connectivity index (χ3n) is 3.42. The van der Waals surface area contributed by atoms with Crippen LogP contribution in [0.1, 0.15) is 0 Å². The minimum absolute atomic E-state index is 0.525. The summed E-state index contributed by atoms with van der Waals surface area (Å²) in [7, 11) is 1.94. The molecule has 0 unspecified atom stereocenters. The first-order valence-electron chi connectivity index (χ1n) is 6.18. The van der Waals surface area contributed by atoms with E-state index in [4.69, 9.17) is 11.6 Å². The lowest BCUT2D eigenvalue weighted by molar-refractivity contribution is 0.797. The number of thiophene rings is 1. The smallest absolute Gasteiger partial charge is 0.130 e. The normalized spacial score (nSPS) is 11.5. The van der Waals surface area contributed by atoms with E-state index in [0.717, 1.165) is 32.2 Å². The summed E-state index contributed by atoms with van der Waals surface area (Å²) in [5.74, 6) is 0. The Morgan fingerprint density at radius 1 is 1.15 bits per heavy atom. The topological polar surface area (TPSA) is 30.7 Å². The minimum atomic E-state index is 0.525. The Morgan fingerprint density at radius 2 is 2.05 bits per heavy atom. The number of aromatic nitrogens is 3. The molecule has 0 aliphatic rings. The van der Waals surface area contributed by atoms with Crippen LogP contribution < -0.4 is 0 Å². The van der Waals surface area contributed by atoms with Gasteiger partial charge in [-0.1, -0.05) is 17.7 Å². The maximum atomic E-state index is 6.13. The molecule has 1 aromatic carbocycles. The third kappa shape index (κ3) is 1.72. The lowest BCUT2D eigenvalue weighted by atomic mass is 10.1. The molecule has 4 aromatic rings. The second-order valence-corrected chi connectivity index (χ2v) is 5.98. The van der Waals surface area contributed by atoms with Crippen molar-refractivity contribution in [3.8, 4) is 11.3 Å². The SMILES string of the molecule is Cn1ncc2cc(-c3nc(Cl)cc4ccsc34)ccc21. The number of benzene rings is 1. The number of fused-ring (bicyclic) bond motifs is 2. The summed E-state index contributed by atoms with van der Waals surface area (Å²) in [6.45, 7) is 0. The van der Waals surface area contributed by atoms with Crippen LogP contribution in [0.25, 0.3) is 32.2 Å². The monoisotopic (exact) mass is 299 g/mol. The van der Waals surface area contributed by atoms with Crippen molar-refractivity contribution in [1.82, 2.24) is 14.8 Å². The molecule has 0 saturated carbocycles. The van der Waals surface area contributed by atoms with E-state index < -0.39 is 0 Å². The Bertz CT molecular complexity index is 939. The van der Waals surface area contributed by atoms with Crippen LogP contribution in [0.5, 0.6) is 0 Å². The quantitative estimate of drug-likeness (QED) is 0.484. The van der Waals surface area contributed by atoms with E-state index in [-0.39, 0.29) is 0 Å². The van der Waals surface area contributed by atoms with E-state index in [9.17, 15) is 0 Å². The number of hydrogen-bond acceptors (Lipinski definition) is 3. The van der Waals surface area contributed by atoms with Crippen LogP contribution in [0.4, 0.5) is 0 Å². The molecule has 0 aliphatic carbocycles. The summed E-state index contributed by atoms with van der Waals surface area (Å²) in [6.07, 6.45) is 1.87. The zero-order chi connectivity index (χ0) is 13.7. The predicted molar refractivity (Wildman–Crippen MR) is 84.3 cm³/mol. The van der Waals surface area contributed by atoms with Gasteiger partial charge < -0.3 is 0 Å². The number of nitrogens with zero attached hydrogens (tertiary/aromatic N) is 3. The Labute approximate surface area is 124 Å². The molecule has 0 saturated heterocycles. The van der Waals surface area contributed by atoms with Crippen LogP contribution >= 0.6 is 22.9 Å². The largest absolute Gasteiger partial charge is 0.268 e. The second kappa shape index (κ2) is 4.30. The Kier molecular flexibility index (Phi) is 2.55.